The molecule has 1 heterocycles. The van der Waals surface area contributed by atoms with Crippen LogP contribution in [0.25, 0.3) is 0 Å². The summed E-state index contributed by atoms with van der Waals surface area (Å²) in [5.41, 5.74) is 1.52. The summed E-state index contributed by atoms with van der Waals surface area (Å²) < 4.78 is 2.15. The smallest absolute Gasteiger partial charge is 0.199 e. The van der Waals surface area contributed by atoms with Crippen LogP contribution < -0.4 is 4.57 Å². The van der Waals surface area contributed by atoms with E-state index in [-0.39, 0.29) is 5.78 Å². The van der Waals surface area contributed by atoms with Gasteiger partial charge in [-0.05, 0) is 12.5 Å². The lowest BCUT2D eigenvalue weighted by molar-refractivity contribution is -0.697. The molecule has 0 saturated carbocycles. The van der Waals surface area contributed by atoms with Gasteiger partial charge in [0.05, 0.1) is 5.56 Å². The minimum atomic E-state index is 0.100. The fourth-order valence-corrected chi connectivity index (χ4v) is 3.33. The van der Waals surface area contributed by atoms with Crippen LogP contribution in [0.4, 0.5) is 0 Å². The van der Waals surface area contributed by atoms with E-state index in [0.29, 0.717) is 0 Å². The van der Waals surface area contributed by atoms with E-state index in [1.807, 2.05) is 48.7 Å². The predicted octanol–water partition coefficient (Wildman–Crippen LogP) is 6.13. The fourth-order valence-electron chi connectivity index (χ4n) is 3.33. The van der Waals surface area contributed by atoms with Gasteiger partial charge in [-0.2, -0.15) is 0 Å². The molecule has 1 aromatic carbocycles. The maximum atomic E-state index is 12.5. The van der Waals surface area contributed by atoms with Crippen molar-refractivity contribution in [3.63, 3.8) is 0 Å². The van der Waals surface area contributed by atoms with Crippen molar-refractivity contribution in [1.29, 1.82) is 0 Å². The van der Waals surface area contributed by atoms with Gasteiger partial charge in [0.15, 0.2) is 18.2 Å². The van der Waals surface area contributed by atoms with Gasteiger partial charge >= 0.3 is 0 Å². The van der Waals surface area contributed by atoms with Crippen molar-refractivity contribution < 1.29 is 9.36 Å². The van der Waals surface area contributed by atoms with Crippen molar-refractivity contribution in [3.05, 3.63) is 66.0 Å². The Hall–Kier alpha value is -1.96. The van der Waals surface area contributed by atoms with Crippen molar-refractivity contribution in [2.75, 3.05) is 0 Å². The standard InChI is InChI=1S/C24H34NO/c1-2-3-4-5-6-7-8-9-10-14-19-25-20-15-18-23(21-25)24(26)22-16-12-11-13-17-22/h11-13,15-18,20-21H,2-10,14,19H2,1H3/q+1. The summed E-state index contributed by atoms with van der Waals surface area (Å²) in [5, 5.41) is 0. The lowest BCUT2D eigenvalue weighted by Gasteiger charge is -2.03. The van der Waals surface area contributed by atoms with E-state index in [1.54, 1.807) is 0 Å². The van der Waals surface area contributed by atoms with Crippen LogP contribution in [0.1, 0.15) is 87.1 Å². The molecular formula is C24H34NO+. The Kier molecular flexibility index (Phi) is 9.71. The molecule has 0 amide bonds. The number of pyridine rings is 1. The highest BCUT2D eigenvalue weighted by atomic mass is 16.1. The molecule has 0 spiro atoms. The van der Waals surface area contributed by atoms with E-state index in [1.165, 1.54) is 64.2 Å². The lowest BCUT2D eigenvalue weighted by Crippen LogP contribution is -2.33. The molecule has 0 aliphatic rings. The van der Waals surface area contributed by atoms with Gasteiger partial charge in [0.1, 0.15) is 6.54 Å². The summed E-state index contributed by atoms with van der Waals surface area (Å²) in [6, 6.07) is 13.4. The van der Waals surface area contributed by atoms with Gasteiger partial charge in [-0.3, -0.25) is 4.79 Å². The number of hydrogen-bond acceptors (Lipinski definition) is 1. The topological polar surface area (TPSA) is 20.9 Å². The molecule has 2 heteroatoms. The Morgan fingerprint density at radius 1 is 0.731 bits per heavy atom. The summed E-state index contributed by atoms with van der Waals surface area (Å²) in [5.74, 6) is 0.100. The van der Waals surface area contributed by atoms with E-state index < -0.39 is 0 Å². The van der Waals surface area contributed by atoms with Crippen LogP contribution in [0.3, 0.4) is 0 Å². The van der Waals surface area contributed by atoms with Crippen molar-refractivity contribution in [2.24, 2.45) is 0 Å². The zero-order chi connectivity index (χ0) is 18.5. The van der Waals surface area contributed by atoms with Gasteiger partial charge in [0.25, 0.3) is 0 Å². The van der Waals surface area contributed by atoms with Crippen molar-refractivity contribution in [2.45, 2.75) is 77.7 Å². The molecule has 0 fully saturated rings. The summed E-state index contributed by atoms with van der Waals surface area (Å²) in [7, 11) is 0. The van der Waals surface area contributed by atoms with E-state index in [4.69, 9.17) is 0 Å². The van der Waals surface area contributed by atoms with E-state index in [0.717, 1.165) is 17.7 Å². The number of carbonyl (C=O) groups excluding carboxylic acids is 1. The molecule has 140 valence electrons. The third kappa shape index (κ3) is 7.51. The minimum Gasteiger partial charge on any atom is -0.288 e. The maximum absolute atomic E-state index is 12.5. The fraction of sp³-hybridized carbons (Fsp3) is 0.500. The van der Waals surface area contributed by atoms with Gasteiger partial charge in [-0.15, -0.1) is 0 Å². The molecule has 2 nitrogen and oxygen atoms in total. The summed E-state index contributed by atoms with van der Waals surface area (Å²) in [4.78, 5) is 12.5. The van der Waals surface area contributed by atoms with E-state index in [2.05, 4.69) is 17.7 Å². The molecular weight excluding hydrogens is 318 g/mol. The number of unbranched alkanes of at least 4 members (excludes halogenated alkanes) is 9. The second kappa shape index (κ2) is 12.4. The molecule has 0 saturated heterocycles. The Labute approximate surface area is 159 Å². The summed E-state index contributed by atoms with van der Waals surface area (Å²) >= 11 is 0. The van der Waals surface area contributed by atoms with Crippen molar-refractivity contribution >= 4 is 5.78 Å². The van der Waals surface area contributed by atoms with E-state index in [9.17, 15) is 4.79 Å². The monoisotopic (exact) mass is 352 g/mol. The summed E-state index contributed by atoms with van der Waals surface area (Å²) in [6.45, 7) is 3.26. The number of ketones is 1. The predicted molar refractivity (Wildman–Crippen MR) is 108 cm³/mol. The van der Waals surface area contributed by atoms with Crippen LogP contribution in [0.2, 0.25) is 0 Å². The number of nitrogens with zero attached hydrogens (tertiary/aromatic N) is 1. The van der Waals surface area contributed by atoms with E-state index >= 15 is 0 Å². The molecule has 0 radical (unpaired) electrons. The van der Waals surface area contributed by atoms with Gasteiger partial charge in [0.2, 0.25) is 0 Å². The van der Waals surface area contributed by atoms with Gasteiger partial charge in [-0.1, -0.05) is 88.6 Å². The zero-order valence-electron chi connectivity index (χ0n) is 16.3. The van der Waals surface area contributed by atoms with Crippen LogP contribution in [-0.2, 0) is 6.54 Å². The second-order valence-corrected chi connectivity index (χ2v) is 7.21. The van der Waals surface area contributed by atoms with Crippen LogP contribution in [0, 0.1) is 0 Å². The number of hydrogen-bond donors (Lipinski definition) is 0. The van der Waals surface area contributed by atoms with Crippen molar-refractivity contribution in [1.82, 2.24) is 0 Å². The average molecular weight is 353 g/mol. The first-order valence-corrected chi connectivity index (χ1v) is 10.4. The minimum absolute atomic E-state index is 0.100. The van der Waals surface area contributed by atoms with Crippen LogP contribution in [-0.4, -0.2) is 5.78 Å². The Balaban J connectivity index is 1.65. The highest BCUT2D eigenvalue weighted by molar-refractivity contribution is 6.08. The normalized spacial score (nSPS) is 10.8. The Morgan fingerprint density at radius 2 is 1.31 bits per heavy atom. The van der Waals surface area contributed by atoms with Crippen LogP contribution >= 0.6 is 0 Å². The molecule has 2 aromatic rings. The van der Waals surface area contributed by atoms with Crippen LogP contribution in [0.15, 0.2) is 54.9 Å². The Morgan fingerprint density at radius 3 is 1.96 bits per heavy atom. The third-order valence-corrected chi connectivity index (χ3v) is 4.93. The molecule has 1 aromatic heterocycles. The molecule has 0 aliphatic heterocycles. The molecule has 2 rings (SSSR count). The molecule has 0 bridgehead atoms. The van der Waals surface area contributed by atoms with Gasteiger partial charge in [-0.25, -0.2) is 4.57 Å². The highest BCUT2D eigenvalue weighted by Crippen LogP contribution is 2.11. The SMILES string of the molecule is CCCCCCCCCCCC[n+]1cccc(C(=O)c2ccccc2)c1. The van der Waals surface area contributed by atoms with Gasteiger partial charge < -0.3 is 0 Å². The second-order valence-electron chi connectivity index (χ2n) is 7.21. The average Bonchev–Trinajstić information content (AvgIpc) is 2.70. The first kappa shape index (κ1) is 20.4. The number of carbonyl (C=O) groups is 1. The molecule has 0 atom stereocenters. The largest absolute Gasteiger partial charge is 0.288 e. The lowest BCUT2D eigenvalue weighted by atomic mass is 10.1. The van der Waals surface area contributed by atoms with Crippen molar-refractivity contribution in [3.8, 4) is 0 Å². The van der Waals surface area contributed by atoms with Crippen LogP contribution in [0.5, 0.6) is 0 Å². The highest BCUT2D eigenvalue weighted by Gasteiger charge is 2.12. The number of benzene rings is 1. The first-order chi connectivity index (χ1) is 12.8. The zero-order valence-corrected chi connectivity index (χ0v) is 16.3. The first-order valence-electron chi connectivity index (χ1n) is 10.4. The Bertz CT molecular complexity index is 636. The summed E-state index contributed by atoms with van der Waals surface area (Å²) in [6.07, 6.45) is 17.5. The van der Waals surface area contributed by atoms with Gasteiger partial charge in [0, 0.05) is 18.1 Å². The molecule has 0 unspecified atom stereocenters. The number of aromatic nitrogens is 1. The maximum Gasteiger partial charge on any atom is 0.199 e. The molecule has 26 heavy (non-hydrogen) atoms. The molecule has 0 N–H and O–H groups in total. The quantitative estimate of drug-likeness (QED) is 0.241. The number of rotatable bonds is 13. The number of aryl methyl sites for hydroxylation is 1. The third-order valence-electron chi connectivity index (χ3n) is 4.93. The molecule has 0 aliphatic carbocycles.